The van der Waals surface area contributed by atoms with Crippen molar-refractivity contribution in [2.75, 3.05) is 0 Å². The minimum atomic E-state index is -0.806. The molecule has 2 saturated carbocycles. The fourth-order valence-corrected chi connectivity index (χ4v) is 5.82. The van der Waals surface area contributed by atoms with Crippen molar-refractivity contribution in [2.45, 2.75) is 65.9 Å². The van der Waals surface area contributed by atoms with Crippen molar-refractivity contribution in [1.82, 2.24) is 0 Å². The monoisotopic (exact) mass is 318 g/mol. The van der Waals surface area contributed by atoms with Gasteiger partial charge in [-0.25, -0.2) is 0 Å². The zero-order chi connectivity index (χ0) is 16.8. The van der Waals surface area contributed by atoms with E-state index in [1.54, 1.807) is 12.5 Å². The summed E-state index contributed by atoms with van der Waals surface area (Å²) in [5.74, 6) is 0.466. The molecule has 1 heterocycles. The van der Waals surface area contributed by atoms with E-state index in [2.05, 4.69) is 27.7 Å². The Morgan fingerprint density at radius 3 is 2.70 bits per heavy atom. The van der Waals surface area contributed by atoms with Gasteiger partial charge < -0.3 is 9.52 Å². The highest BCUT2D eigenvalue weighted by molar-refractivity contribution is 5.88. The topological polar surface area (TPSA) is 50.4 Å². The number of Topliss-reactive ketones (excluding diaryl/α,β-unsaturated/α-hetero) is 1. The highest BCUT2D eigenvalue weighted by Gasteiger charge is 2.60. The molecule has 0 saturated heterocycles. The predicted octanol–water partition coefficient (Wildman–Crippen LogP) is 4.24. The maximum absolute atomic E-state index is 12.9. The van der Waals surface area contributed by atoms with Crippen LogP contribution in [0.2, 0.25) is 0 Å². The smallest absolute Gasteiger partial charge is 0.165 e. The second-order valence-corrected chi connectivity index (χ2v) is 8.76. The Morgan fingerprint density at radius 2 is 2.04 bits per heavy atom. The molecule has 0 radical (unpaired) electrons. The number of hydrogen-bond donors (Lipinski definition) is 1. The van der Waals surface area contributed by atoms with Crippen LogP contribution in [0.4, 0.5) is 0 Å². The molecule has 0 bridgehead atoms. The Kier molecular flexibility index (Phi) is 4.20. The maximum atomic E-state index is 12.9. The van der Waals surface area contributed by atoms with Crippen molar-refractivity contribution < 1.29 is 14.3 Å². The van der Waals surface area contributed by atoms with Crippen molar-refractivity contribution >= 4 is 5.78 Å². The van der Waals surface area contributed by atoms with Crippen molar-refractivity contribution in [3.8, 4) is 0 Å². The number of aliphatic hydroxyl groups is 1. The summed E-state index contributed by atoms with van der Waals surface area (Å²) in [6.07, 6.45) is 8.03. The van der Waals surface area contributed by atoms with Crippen LogP contribution in [0.3, 0.4) is 0 Å². The number of fused-ring (bicyclic) bond motifs is 1. The summed E-state index contributed by atoms with van der Waals surface area (Å²) in [6, 6.07) is 2.01. The Hall–Kier alpha value is -1.09. The number of carbonyl (C=O) groups is 1. The van der Waals surface area contributed by atoms with Gasteiger partial charge in [0.1, 0.15) is 6.10 Å². The predicted molar refractivity (Wildman–Crippen MR) is 89.9 cm³/mol. The molecule has 3 heteroatoms. The van der Waals surface area contributed by atoms with Crippen LogP contribution < -0.4 is 0 Å². The average Bonchev–Trinajstić information content (AvgIpc) is 2.97. The van der Waals surface area contributed by atoms with Crippen LogP contribution in [0, 0.1) is 28.6 Å². The van der Waals surface area contributed by atoms with Gasteiger partial charge in [-0.1, -0.05) is 34.1 Å². The van der Waals surface area contributed by atoms with E-state index in [9.17, 15) is 9.90 Å². The third-order valence-corrected chi connectivity index (χ3v) is 6.86. The molecule has 5 unspecified atom stereocenters. The lowest BCUT2D eigenvalue weighted by molar-refractivity contribution is -0.171. The summed E-state index contributed by atoms with van der Waals surface area (Å²) in [5, 5.41) is 10.6. The van der Waals surface area contributed by atoms with E-state index in [0.717, 1.165) is 25.7 Å². The SMILES string of the molecule is CC1C(O)C(=O)C2C(C)(C)CCCC2(C)C1CCc1ccoc1. The standard InChI is InChI=1S/C20H30O3/c1-13-15(7-6-14-8-11-23-12-14)20(4)10-5-9-19(2,3)18(20)17(22)16(13)21/h8,11-13,15-16,18,21H,5-7,9-10H2,1-4H3. The highest BCUT2D eigenvalue weighted by atomic mass is 16.3. The van der Waals surface area contributed by atoms with E-state index in [4.69, 9.17) is 4.42 Å². The molecule has 0 amide bonds. The Morgan fingerprint density at radius 1 is 1.30 bits per heavy atom. The first-order valence-electron chi connectivity index (χ1n) is 9.00. The van der Waals surface area contributed by atoms with Crippen LogP contribution in [0.1, 0.15) is 58.9 Å². The molecule has 3 rings (SSSR count). The van der Waals surface area contributed by atoms with E-state index >= 15 is 0 Å². The number of rotatable bonds is 3. The van der Waals surface area contributed by atoms with Gasteiger partial charge in [0.2, 0.25) is 0 Å². The zero-order valence-electron chi connectivity index (χ0n) is 14.8. The van der Waals surface area contributed by atoms with Gasteiger partial charge in [-0.3, -0.25) is 4.79 Å². The number of hydrogen-bond acceptors (Lipinski definition) is 3. The summed E-state index contributed by atoms with van der Waals surface area (Å²) in [5.41, 5.74) is 1.19. The molecule has 128 valence electrons. The Labute approximate surface area is 139 Å². The molecule has 1 aromatic heterocycles. The average molecular weight is 318 g/mol. The third-order valence-electron chi connectivity index (χ3n) is 6.86. The Bertz CT molecular complexity index is 559. The van der Waals surface area contributed by atoms with E-state index < -0.39 is 6.10 Å². The molecule has 2 fully saturated rings. The molecule has 0 spiro atoms. The summed E-state index contributed by atoms with van der Waals surface area (Å²) < 4.78 is 5.18. The van der Waals surface area contributed by atoms with Crippen LogP contribution in [0.5, 0.6) is 0 Å². The van der Waals surface area contributed by atoms with E-state index in [0.29, 0.717) is 5.92 Å². The van der Waals surface area contributed by atoms with Crippen molar-refractivity contribution in [1.29, 1.82) is 0 Å². The first kappa shape index (κ1) is 16.8. The van der Waals surface area contributed by atoms with Gasteiger partial charge >= 0.3 is 0 Å². The largest absolute Gasteiger partial charge is 0.472 e. The summed E-state index contributed by atoms with van der Waals surface area (Å²) in [4.78, 5) is 12.9. The molecular formula is C20H30O3. The van der Waals surface area contributed by atoms with Crippen LogP contribution in [0.25, 0.3) is 0 Å². The quantitative estimate of drug-likeness (QED) is 0.907. The van der Waals surface area contributed by atoms with Crippen LogP contribution in [-0.2, 0) is 11.2 Å². The summed E-state index contributed by atoms with van der Waals surface area (Å²) >= 11 is 0. The van der Waals surface area contributed by atoms with Crippen molar-refractivity contribution in [3.05, 3.63) is 24.2 Å². The van der Waals surface area contributed by atoms with Gasteiger partial charge in [-0.15, -0.1) is 0 Å². The number of furan rings is 1. The van der Waals surface area contributed by atoms with Crippen LogP contribution in [0.15, 0.2) is 23.0 Å². The molecule has 2 aliphatic carbocycles. The van der Waals surface area contributed by atoms with E-state index in [1.165, 1.54) is 12.0 Å². The molecule has 0 aromatic carbocycles. The fraction of sp³-hybridized carbons (Fsp3) is 0.750. The maximum Gasteiger partial charge on any atom is 0.165 e. The molecule has 3 nitrogen and oxygen atoms in total. The normalized spacial score (nSPS) is 40.0. The lowest BCUT2D eigenvalue weighted by Crippen LogP contribution is -2.60. The van der Waals surface area contributed by atoms with Gasteiger partial charge in [0.15, 0.2) is 5.78 Å². The van der Waals surface area contributed by atoms with E-state index in [-0.39, 0.29) is 28.4 Å². The van der Waals surface area contributed by atoms with Gasteiger partial charge in [-0.2, -0.15) is 0 Å². The summed E-state index contributed by atoms with van der Waals surface area (Å²) in [7, 11) is 0. The number of aryl methyl sites for hydroxylation is 1. The van der Waals surface area contributed by atoms with Crippen molar-refractivity contribution in [2.24, 2.45) is 28.6 Å². The van der Waals surface area contributed by atoms with Gasteiger partial charge in [-0.05, 0) is 60.0 Å². The number of ketones is 1. The second-order valence-electron chi connectivity index (χ2n) is 8.76. The van der Waals surface area contributed by atoms with Gasteiger partial charge in [0.25, 0.3) is 0 Å². The molecular weight excluding hydrogens is 288 g/mol. The lowest BCUT2D eigenvalue weighted by Gasteiger charge is -2.59. The third kappa shape index (κ3) is 2.67. The molecule has 1 aromatic rings. The van der Waals surface area contributed by atoms with Crippen molar-refractivity contribution in [3.63, 3.8) is 0 Å². The molecule has 0 aliphatic heterocycles. The van der Waals surface area contributed by atoms with E-state index in [1.807, 2.05) is 6.07 Å². The fourth-order valence-electron chi connectivity index (χ4n) is 5.82. The molecule has 23 heavy (non-hydrogen) atoms. The van der Waals surface area contributed by atoms with Gasteiger partial charge in [0.05, 0.1) is 12.5 Å². The highest BCUT2D eigenvalue weighted by Crippen LogP contribution is 2.60. The Balaban J connectivity index is 1.91. The summed E-state index contributed by atoms with van der Waals surface area (Å²) in [6.45, 7) is 8.79. The lowest BCUT2D eigenvalue weighted by atomic mass is 9.45. The van der Waals surface area contributed by atoms with Crippen LogP contribution >= 0.6 is 0 Å². The molecule has 5 atom stereocenters. The second kappa shape index (κ2) is 5.77. The van der Waals surface area contributed by atoms with Crippen LogP contribution in [-0.4, -0.2) is 17.0 Å². The van der Waals surface area contributed by atoms with Gasteiger partial charge in [0, 0.05) is 5.92 Å². The molecule has 1 N–H and O–H groups in total. The first-order valence-corrected chi connectivity index (χ1v) is 9.00. The molecule has 2 aliphatic rings. The minimum Gasteiger partial charge on any atom is -0.472 e. The first-order chi connectivity index (χ1) is 10.8. The number of carbonyl (C=O) groups excluding carboxylic acids is 1. The zero-order valence-corrected chi connectivity index (χ0v) is 14.8. The number of aliphatic hydroxyl groups excluding tert-OH is 1. The minimum absolute atomic E-state index is 0.00121.